The fourth-order valence-electron chi connectivity index (χ4n) is 3.15. The Morgan fingerprint density at radius 2 is 1.88 bits per heavy atom. The number of benzene rings is 2. The zero-order chi connectivity index (χ0) is 23.1. The Kier molecular flexibility index (Phi) is 8.19. The first kappa shape index (κ1) is 23.7. The monoisotopic (exact) mass is 456 g/mol. The number of methoxy groups -OCH3 is 1. The van der Waals surface area contributed by atoms with Crippen molar-refractivity contribution >= 4 is 33.4 Å². The summed E-state index contributed by atoms with van der Waals surface area (Å²) < 4.78 is 18.7. The summed E-state index contributed by atoms with van der Waals surface area (Å²) in [6.07, 6.45) is 0. The third-order valence-corrected chi connectivity index (χ3v) is 5.94. The van der Waals surface area contributed by atoms with Crippen molar-refractivity contribution in [2.75, 3.05) is 26.9 Å². The lowest BCUT2D eigenvalue weighted by Gasteiger charge is -2.08. The van der Waals surface area contributed by atoms with E-state index in [0.29, 0.717) is 41.8 Å². The van der Waals surface area contributed by atoms with Gasteiger partial charge in [0.25, 0.3) is 5.91 Å². The smallest absolute Gasteiger partial charge is 0.337 e. The van der Waals surface area contributed by atoms with Gasteiger partial charge in [-0.15, -0.1) is 0 Å². The Balaban J connectivity index is 1.84. The molecule has 32 heavy (non-hydrogen) atoms. The fraction of sp³-hybridized carbons (Fsp3) is 0.375. The zero-order valence-corrected chi connectivity index (χ0v) is 19.6. The van der Waals surface area contributed by atoms with Crippen LogP contribution < -0.4 is 9.54 Å². The summed E-state index contributed by atoms with van der Waals surface area (Å²) in [6, 6.07) is 13.0. The van der Waals surface area contributed by atoms with Gasteiger partial charge in [0.15, 0.2) is 11.4 Å². The number of rotatable bonds is 9. The number of ether oxygens (including phenoxy) is 3. The van der Waals surface area contributed by atoms with Crippen LogP contribution in [-0.2, 0) is 20.8 Å². The van der Waals surface area contributed by atoms with Gasteiger partial charge in [0, 0.05) is 13.2 Å². The Bertz CT molecular complexity index is 1150. The van der Waals surface area contributed by atoms with Crippen LogP contribution in [0.1, 0.15) is 42.6 Å². The highest BCUT2D eigenvalue weighted by atomic mass is 32.1. The molecule has 0 aliphatic heterocycles. The highest BCUT2D eigenvalue weighted by molar-refractivity contribution is 7.16. The number of aromatic nitrogens is 1. The number of carbonyl (C=O) groups excluding carboxylic acids is 2. The molecular formula is C24H28N2O5S. The van der Waals surface area contributed by atoms with Crippen molar-refractivity contribution in [2.45, 2.75) is 33.2 Å². The van der Waals surface area contributed by atoms with Gasteiger partial charge in [0.2, 0.25) is 0 Å². The van der Waals surface area contributed by atoms with Crippen LogP contribution in [0.2, 0.25) is 0 Å². The van der Waals surface area contributed by atoms with E-state index in [0.717, 1.165) is 10.2 Å². The zero-order valence-electron chi connectivity index (χ0n) is 18.8. The molecule has 7 nitrogen and oxygen atoms in total. The van der Waals surface area contributed by atoms with E-state index in [1.165, 1.54) is 24.0 Å². The van der Waals surface area contributed by atoms with E-state index in [1.807, 2.05) is 41.8 Å². The van der Waals surface area contributed by atoms with Crippen molar-refractivity contribution in [3.05, 3.63) is 58.4 Å². The Labute approximate surface area is 191 Å². The van der Waals surface area contributed by atoms with Gasteiger partial charge >= 0.3 is 5.97 Å². The largest absolute Gasteiger partial charge is 0.484 e. The van der Waals surface area contributed by atoms with Gasteiger partial charge in [-0.25, -0.2) is 4.79 Å². The summed E-state index contributed by atoms with van der Waals surface area (Å²) >= 11 is 1.34. The predicted octanol–water partition coefficient (Wildman–Crippen LogP) is 4.16. The number of hydrogen-bond donors (Lipinski definition) is 0. The van der Waals surface area contributed by atoms with E-state index in [-0.39, 0.29) is 12.5 Å². The summed E-state index contributed by atoms with van der Waals surface area (Å²) in [6.45, 7) is 7.64. The molecule has 0 unspecified atom stereocenters. The quantitative estimate of drug-likeness (QED) is 0.357. The van der Waals surface area contributed by atoms with Crippen LogP contribution in [0.5, 0.6) is 5.75 Å². The van der Waals surface area contributed by atoms with E-state index in [2.05, 4.69) is 18.8 Å². The van der Waals surface area contributed by atoms with Crippen molar-refractivity contribution in [1.29, 1.82) is 0 Å². The second kappa shape index (κ2) is 11.1. The first-order chi connectivity index (χ1) is 15.4. The molecule has 1 heterocycles. The van der Waals surface area contributed by atoms with Crippen molar-refractivity contribution < 1.29 is 23.8 Å². The second-order valence-corrected chi connectivity index (χ2v) is 8.43. The predicted molar refractivity (Wildman–Crippen MR) is 124 cm³/mol. The van der Waals surface area contributed by atoms with Gasteiger partial charge in [0.05, 0.1) is 29.5 Å². The maximum atomic E-state index is 12.5. The molecular weight excluding hydrogens is 428 g/mol. The normalized spacial score (nSPS) is 11.8. The summed E-state index contributed by atoms with van der Waals surface area (Å²) in [5, 5.41) is 0. The first-order valence-electron chi connectivity index (χ1n) is 10.5. The van der Waals surface area contributed by atoms with Gasteiger partial charge in [-0.1, -0.05) is 37.3 Å². The topological polar surface area (TPSA) is 79.1 Å². The van der Waals surface area contributed by atoms with Gasteiger partial charge < -0.3 is 18.8 Å². The van der Waals surface area contributed by atoms with Crippen LogP contribution in [0.15, 0.2) is 47.5 Å². The minimum Gasteiger partial charge on any atom is -0.484 e. The van der Waals surface area contributed by atoms with Crippen molar-refractivity contribution in [2.24, 2.45) is 4.99 Å². The van der Waals surface area contributed by atoms with E-state index < -0.39 is 5.97 Å². The first-order valence-corrected chi connectivity index (χ1v) is 11.3. The average Bonchev–Trinajstić information content (AvgIpc) is 3.13. The van der Waals surface area contributed by atoms with E-state index in [4.69, 9.17) is 14.2 Å². The Morgan fingerprint density at radius 1 is 1.12 bits per heavy atom. The number of carbonyl (C=O) groups is 2. The third-order valence-electron chi connectivity index (χ3n) is 4.90. The molecule has 0 atom stereocenters. The lowest BCUT2D eigenvalue weighted by Crippen LogP contribution is -2.21. The SMILES string of the molecule is CCOCCn1c(=NC(=O)COc2ccc(C(C)C)cc2)sc2cc(C(=O)OC)ccc21. The molecule has 0 saturated heterocycles. The number of esters is 1. The number of fused-ring (bicyclic) bond motifs is 1. The van der Waals surface area contributed by atoms with Gasteiger partial charge in [-0.05, 0) is 48.7 Å². The molecule has 0 N–H and O–H groups in total. The molecule has 3 aromatic rings. The van der Waals surface area contributed by atoms with Crippen LogP contribution >= 0.6 is 11.3 Å². The number of nitrogens with zero attached hydrogens (tertiary/aromatic N) is 2. The molecule has 170 valence electrons. The van der Waals surface area contributed by atoms with Gasteiger partial charge in [-0.3, -0.25) is 4.79 Å². The van der Waals surface area contributed by atoms with Crippen LogP contribution in [0.25, 0.3) is 10.2 Å². The number of thiazole rings is 1. The molecule has 8 heteroatoms. The minimum atomic E-state index is -0.410. The van der Waals surface area contributed by atoms with Crippen molar-refractivity contribution in [1.82, 2.24) is 4.57 Å². The summed E-state index contributed by atoms with van der Waals surface area (Å²) in [7, 11) is 1.35. The molecule has 0 aliphatic rings. The average molecular weight is 457 g/mol. The molecule has 2 aromatic carbocycles. The van der Waals surface area contributed by atoms with E-state index in [1.54, 1.807) is 12.1 Å². The van der Waals surface area contributed by atoms with Crippen LogP contribution in [-0.4, -0.2) is 43.4 Å². The molecule has 0 aliphatic carbocycles. The fourth-order valence-corrected chi connectivity index (χ4v) is 4.27. The van der Waals surface area contributed by atoms with Crippen LogP contribution in [0, 0.1) is 0 Å². The van der Waals surface area contributed by atoms with Crippen molar-refractivity contribution in [3.8, 4) is 5.75 Å². The molecule has 0 fully saturated rings. The summed E-state index contributed by atoms with van der Waals surface area (Å²) in [4.78, 5) is 29.2. The lowest BCUT2D eigenvalue weighted by atomic mass is 10.0. The van der Waals surface area contributed by atoms with Gasteiger partial charge in [0.1, 0.15) is 5.75 Å². The highest BCUT2D eigenvalue weighted by Gasteiger charge is 2.12. The highest BCUT2D eigenvalue weighted by Crippen LogP contribution is 2.20. The summed E-state index contributed by atoms with van der Waals surface area (Å²) in [5.74, 6) is 0.261. The standard InChI is InChI=1S/C24H28N2O5S/c1-5-30-13-12-26-20-11-8-18(23(28)29-4)14-21(20)32-24(26)25-22(27)15-31-19-9-6-17(7-10-19)16(2)3/h6-11,14,16H,5,12-13,15H2,1-4H3. The number of amides is 1. The van der Waals surface area contributed by atoms with Gasteiger partial charge in [-0.2, -0.15) is 4.99 Å². The lowest BCUT2D eigenvalue weighted by molar-refractivity contribution is -0.120. The maximum Gasteiger partial charge on any atom is 0.337 e. The van der Waals surface area contributed by atoms with Crippen LogP contribution in [0.4, 0.5) is 0 Å². The Morgan fingerprint density at radius 3 is 2.53 bits per heavy atom. The molecule has 0 spiro atoms. The third kappa shape index (κ3) is 5.83. The van der Waals surface area contributed by atoms with E-state index >= 15 is 0 Å². The number of hydrogen-bond acceptors (Lipinski definition) is 6. The Hall–Kier alpha value is -2.97. The molecule has 1 amide bonds. The molecule has 1 aromatic heterocycles. The minimum absolute atomic E-state index is 0.159. The molecule has 0 radical (unpaired) electrons. The summed E-state index contributed by atoms with van der Waals surface area (Å²) in [5.41, 5.74) is 2.53. The molecule has 0 saturated carbocycles. The van der Waals surface area contributed by atoms with Crippen LogP contribution in [0.3, 0.4) is 0 Å². The van der Waals surface area contributed by atoms with E-state index in [9.17, 15) is 9.59 Å². The molecule has 0 bridgehead atoms. The van der Waals surface area contributed by atoms with Crippen molar-refractivity contribution in [3.63, 3.8) is 0 Å². The maximum absolute atomic E-state index is 12.5. The molecule has 3 rings (SSSR count). The second-order valence-electron chi connectivity index (χ2n) is 7.43.